The summed E-state index contributed by atoms with van der Waals surface area (Å²) >= 11 is 2.28. The Balaban J connectivity index is 0.000000172. The summed E-state index contributed by atoms with van der Waals surface area (Å²) in [6.07, 6.45) is 7.70. The van der Waals surface area contributed by atoms with Crippen LogP contribution in [0.5, 0.6) is 0 Å². The highest BCUT2D eigenvalue weighted by Crippen LogP contribution is 2.10. The molecule has 0 fully saturated rings. The van der Waals surface area contributed by atoms with Gasteiger partial charge in [0.05, 0.1) is 29.6 Å². The Bertz CT molecular complexity index is 1240. The Hall–Kier alpha value is -4.25. The van der Waals surface area contributed by atoms with Gasteiger partial charge in [0.2, 0.25) is 0 Å². The number of imidazole rings is 2. The van der Waals surface area contributed by atoms with Crippen LogP contribution in [0.4, 0.5) is 11.4 Å². The normalized spacial score (nSPS) is 9.17. The molecule has 178 valence electrons. The lowest BCUT2D eigenvalue weighted by atomic mass is 10.3. The molecular formula is C26H25IN6O2. The van der Waals surface area contributed by atoms with E-state index in [4.69, 9.17) is 11.5 Å². The molecule has 0 aliphatic rings. The third-order valence-corrected chi connectivity index (χ3v) is 4.87. The summed E-state index contributed by atoms with van der Waals surface area (Å²) in [7, 11) is 0. The van der Waals surface area contributed by atoms with Crippen LogP contribution < -0.4 is 11.5 Å². The number of aromatic nitrogens is 4. The second kappa shape index (κ2) is 15.6. The van der Waals surface area contributed by atoms with E-state index in [-0.39, 0.29) is 0 Å². The molecule has 0 unspecified atom stereocenters. The van der Waals surface area contributed by atoms with E-state index in [1.54, 1.807) is 24.7 Å². The minimum absolute atomic E-state index is 0.448. The number of nitrogens with one attached hydrogen (secondary N) is 1. The van der Waals surface area contributed by atoms with Gasteiger partial charge in [0.25, 0.3) is 0 Å². The van der Waals surface area contributed by atoms with Gasteiger partial charge in [-0.05, 0) is 59.0 Å². The van der Waals surface area contributed by atoms with E-state index < -0.39 is 0 Å². The summed E-state index contributed by atoms with van der Waals surface area (Å²) in [5.74, 6) is 0. The number of anilines is 2. The van der Waals surface area contributed by atoms with Gasteiger partial charge in [-0.1, -0.05) is 48.5 Å². The quantitative estimate of drug-likeness (QED) is 0.156. The highest BCUT2D eigenvalue weighted by molar-refractivity contribution is 14.1. The van der Waals surface area contributed by atoms with Crippen LogP contribution in [0.2, 0.25) is 0 Å². The molecule has 0 amide bonds. The molecule has 2 aromatic heterocycles. The fourth-order valence-corrected chi connectivity index (χ4v) is 2.81. The number of nitrogen functional groups attached to an aromatic ring is 2. The maximum absolute atomic E-state index is 10.4. The topological polar surface area (TPSA) is 133 Å². The third kappa shape index (κ3) is 10.5. The number of carbonyl (C=O) groups is 2. The van der Waals surface area contributed by atoms with Gasteiger partial charge in [-0.2, -0.15) is 0 Å². The maximum Gasteiger partial charge on any atom is 0.170 e. The molecule has 0 saturated carbocycles. The van der Waals surface area contributed by atoms with E-state index in [2.05, 4.69) is 49.7 Å². The van der Waals surface area contributed by atoms with Crippen LogP contribution >= 0.6 is 22.6 Å². The van der Waals surface area contributed by atoms with Crippen molar-refractivity contribution in [3.63, 3.8) is 0 Å². The molecule has 0 atom stereocenters. The molecule has 0 saturated heterocycles. The average molecular weight is 580 g/mol. The van der Waals surface area contributed by atoms with Crippen molar-refractivity contribution in [3.05, 3.63) is 125 Å². The first-order valence-corrected chi connectivity index (χ1v) is 11.4. The molecule has 0 aliphatic heterocycles. The van der Waals surface area contributed by atoms with Crippen LogP contribution in [0.1, 0.15) is 21.0 Å². The zero-order chi connectivity index (χ0) is 25.3. The molecule has 35 heavy (non-hydrogen) atoms. The molecule has 0 radical (unpaired) electrons. The highest BCUT2D eigenvalue weighted by Gasteiger charge is 1.97. The van der Waals surface area contributed by atoms with E-state index in [1.165, 1.54) is 16.1 Å². The molecule has 0 bridgehead atoms. The first kappa shape index (κ1) is 27.0. The molecule has 5 rings (SSSR count). The third-order valence-electron chi connectivity index (χ3n) is 4.15. The zero-order valence-corrected chi connectivity index (χ0v) is 20.9. The largest absolute Gasteiger partial charge is 0.397 e. The van der Waals surface area contributed by atoms with Gasteiger partial charge >= 0.3 is 0 Å². The van der Waals surface area contributed by atoms with Gasteiger partial charge in [-0.15, -0.1) is 0 Å². The number of nitrogens with two attached hydrogens (primary N) is 2. The number of para-hydroxylation sites is 3. The SMILES string of the molecule is Ic1ccccc1.Nc1ccccc1N.O=Cc1cn(-c2ccccc2)cn1.O=Cc1cnc[nH]1. The van der Waals surface area contributed by atoms with Crippen molar-refractivity contribution in [1.29, 1.82) is 0 Å². The average Bonchev–Trinajstić information content (AvgIpc) is 3.61. The van der Waals surface area contributed by atoms with E-state index in [0.717, 1.165) is 12.0 Å². The first-order valence-electron chi connectivity index (χ1n) is 10.3. The second-order valence-corrected chi connectivity index (χ2v) is 7.95. The molecule has 5 N–H and O–H groups in total. The number of nitrogens with zero attached hydrogens (tertiary/aromatic N) is 3. The zero-order valence-electron chi connectivity index (χ0n) is 18.7. The van der Waals surface area contributed by atoms with Crippen molar-refractivity contribution >= 4 is 46.5 Å². The number of aldehydes is 2. The predicted molar refractivity (Wildman–Crippen MR) is 147 cm³/mol. The summed E-state index contributed by atoms with van der Waals surface area (Å²) in [5, 5.41) is 0. The van der Waals surface area contributed by atoms with Gasteiger partial charge < -0.3 is 21.0 Å². The Labute approximate surface area is 217 Å². The van der Waals surface area contributed by atoms with Crippen molar-refractivity contribution in [1.82, 2.24) is 19.5 Å². The number of aromatic amines is 1. The summed E-state index contributed by atoms with van der Waals surface area (Å²) < 4.78 is 3.10. The summed E-state index contributed by atoms with van der Waals surface area (Å²) in [6, 6.07) is 27.2. The van der Waals surface area contributed by atoms with Crippen LogP contribution in [-0.2, 0) is 0 Å². The number of hydrogen-bond donors (Lipinski definition) is 3. The summed E-state index contributed by atoms with van der Waals surface area (Å²) in [4.78, 5) is 30.3. The van der Waals surface area contributed by atoms with Crippen LogP contribution in [0.15, 0.2) is 110 Å². The minimum Gasteiger partial charge on any atom is -0.397 e. The molecular weight excluding hydrogens is 555 g/mol. The van der Waals surface area contributed by atoms with Crippen molar-refractivity contribution in [2.75, 3.05) is 11.5 Å². The molecule has 0 aliphatic carbocycles. The lowest BCUT2D eigenvalue weighted by Gasteiger charge is -1.98. The van der Waals surface area contributed by atoms with Crippen molar-refractivity contribution in [2.24, 2.45) is 0 Å². The van der Waals surface area contributed by atoms with Gasteiger partial charge in [0.15, 0.2) is 12.6 Å². The minimum atomic E-state index is 0.448. The van der Waals surface area contributed by atoms with E-state index in [0.29, 0.717) is 29.0 Å². The Morgan fingerprint density at radius 2 is 1.37 bits per heavy atom. The summed E-state index contributed by atoms with van der Waals surface area (Å²) in [5.41, 5.74) is 14.0. The Morgan fingerprint density at radius 1 is 0.800 bits per heavy atom. The lowest BCUT2D eigenvalue weighted by Crippen LogP contribution is -1.91. The smallest absolute Gasteiger partial charge is 0.170 e. The number of halogens is 1. The number of carbonyl (C=O) groups excluding carboxylic acids is 2. The highest BCUT2D eigenvalue weighted by atomic mass is 127. The molecule has 3 aromatic carbocycles. The number of H-pyrrole nitrogens is 1. The molecule has 9 heteroatoms. The van der Waals surface area contributed by atoms with E-state index in [1.807, 2.05) is 65.2 Å². The standard InChI is InChI=1S/C10H8N2O.C6H5I.C6H8N2.C4H4N2O/c13-7-9-6-12(8-11-9)10-4-2-1-3-5-10;7-6-4-2-1-3-5-6;7-5-3-1-2-4-6(5)8;7-2-4-1-5-3-6-4/h1-8H;1-5H;1-4H,7-8H2;1-3H,(H,5,6). The number of benzene rings is 3. The first-order chi connectivity index (χ1) is 17.0. The van der Waals surface area contributed by atoms with Gasteiger partial charge in [-0.3, -0.25) is 9.59 Å². The predicted octanol–water partition coefficient (Wildman–Crippen LogP) is 5.05. The van der Waals surface area contributed by atoms with Crippen LogP contribution in [-0.4, -0.2) is 32.1 Å². The fourth-order valence-electron chi connectivity index (χ4n) is 2.40. The lowest BCUT2D eigenvalue weighted by molar-refractivity contribution is 0.111. The van der Waals surface area contributed by atoms with Gasteiger partial charge in [0, 0.05) is 15.5 Å². The molecule has 5 aromatic rings. The Morgan fingerprint density at radius 3 is 1.74 bits per heavy atom. The van der Waals surface area contributed by atoms with Crippen molar-refractivity contribution < 1.29 is 9.59 Å². The number of hydrogen-bond acceptors (Lipinski definition) is 6. The van der Waals surface area contributed by atoms with E-state index >= 15 is 0 Å². The van der Waals surface area contributed by atoms with Crippen LogP contribution in [0.25, 0.3) is 5.69 Å². The monoisotopic (exact) mass is 580 g/mol. The fraction of sp³-hybridized carbons (Fsp3) is 0. The van der Waals surface area contributed by atoms with Crippen LogP contribution in [0, 0.1) is 3.57 Å². The molecule has 8 nitrogen and oxygen atoms in total. The van der Waals surface area contributed by atoms with Crippen molar-refractivity contribution in [3.8, 4) is 5.69 Å². The van der Waals surface area contributed by atoms with Gasteiger partial charge in [0.1, 0.15) is 12.0 Å². The van der Waals surface area contributed by atoms with Crippen LogP contribution in [0.3, 0.4) is 0 Å². The van der Waals surface area contributed by atoms with Gasteiger partial charge in [-0.25, -0.2) is 9.97 Å². The summed E-state index contributed by atoms with van der Waals surface area (Å²) in [6.45, 7) is 0. The Kier molecular flexibility index (Phi) is 12.0. The second-order valence-electron chi connectivity index (χ2n) is 6.71. The molecule has 2 heterocycles. The van der Waals surface area contributed by atoms with Crippen molar-refractivity contribution in [2.45, 2.75) is 0 Å². The van der Waals surface area contributed by atoms with E-state index in [9.17, 15) is 9.59 Å². The maximum atomic E-state index is 10.4. The number of rotatable bonds is 3. The molecule has 0 spiro atoms.